The Morgan fingerprint density at radius 1 is 1.21 bits per heavy atom. The molecule has 1 aromatic rings. The fraction of sp³-hybridized carbons (Fsp3) is 0.333. The molecule has 1 aliphatic rings. The molecule has 0 aromatic heterocycles. The summed E-state index contributed by atoms with van der Waals surface area (Å²) in [4.78, 5) is 22.5. The van der Waals surface area contributed by atoms with E-state index in [0.717, 1.165) is 0 Å². The molecule has 1 amide bonds. The molecule has 7 heteroatoms. The minimum atomic E-state index is -5.05. The summed E-state index contributed by atoms with van der Waals surface area (Å²) in [7, 11) is 0. The predicted octanol–water partition coefficient (Wildman–Crippen LogP) is 1.63. The third-order valence-electron chi connectivity index (χ3n) is 3.09. The van der Waals surface area contributed by atoms with Crippen molar-refractivity contribution >= 4 is 11.9 Å². The van der Waals surface area contributed by atoms with Gasteiger partial charge in [0.15, 0.2) is 0 Å². The third-order valence-corrected chi connectivity index (χ3v) is 3.09. The lowest BCUT2D eigenvalue weighted by atomic mass is 9.82. The van der Waals surface area contributed by atoms with Gasteiger partial charge in [-0.05, 0) is 5.56 Å². The van der Waals surface area contributed by atoms with Crippen LogP contribution in [0.2, 0.25) is 0 Å². The Morgan fingerprint density at radius 3 is 2.26 bits per heavy atom. The highest BCUT2D eigenvalue weighted by atomic mass is 19.4. The van der Waals surface area contributed by atoms with Gasteiger partial charge in [0.05, 0.1) is 0 Å². The van der Waals surface area contributed by atoms with Crippen molar-refractivity contribution in [2.75, 3.05) is 6.54 Å². The van der Waals surface area contributed by atoms with E-state index in [4.69, 9.17) is 5.11 Å². The van der Waals surface area contributed by atoms with Crippen LogP contribution in [-0.4, -0.2) is 40.6 Å². The summed E-state index contributed by atoms with van der Waals surface area (Å²) in [5.74, 6) is -4.14. The predicted molar refractivity (Wildman–Crippen MR) is 58.4 cm³/mol. The molecule has 2 rings (SSSR count). The van der Waals surface area contributed by atoms with Gasteiger partial charge in [-0.2, -0.15) is 13.2 Å². The second-order valence-electron chi connectivity index (χ2n) is 4.26. The van der Waals surface area contributed by atoms with Crippen molar-refractivity contribution in [3.05, 3.63) is 35.9 Å². The van der Waals surface area contributed by atoms with E-state index in [1.54, 1.807) is 30.3 Å². The van der Waals surface area contributed by atoms with E-state index in [1.165, 1.54) is 0 Å². The zero-order chi connectivity index (χ0) is 14.2. The van der Waals surface area contributed by atoms with E-state index < -0.39 is 30.0 Å². The Bertz CT molecular complexity index is 501. The molecule has 102 valence electrons. The Labute approximate surface area is 106 Å². The standard InChI is InChI=1S/C12H10F3NO3/c13-12(14,15)11(19)16-6-8(9(16)10(17)18)7-4-2-1-3-5-7/h1-5,8-9H,6H2,(H,17,18)/t8-,9+/m1/s1. The maximum atomic E-state index is 12.3. The average Bonchev–Trinajstić information content (AvgIpc) is 2.27. The summed E-state index contributed by atoms with van der Waals surface area (Å²) in [5.41, 5.74) is 0.612. The number of alkyl halides is 3. The molecule has 0 bridgehead atoms. The number of carboxylic acids is 1. The lowest BCUT2D eigenvalue weighted by Gasteiger charge is -2.45. The number of benzene rings is 1. The van der Waals surface area contributed by atoms with Crippen molar-refractivity contribution in [1.82, 2.24) is 4.90 Å². The monoisotopic (exact) mass is 273 g/mol. The van der Waals surface area contributed by atoms with Gasteiger partial charge in [0.2, 0.25) is 0 Å². The molecule has 19 heavy (non-hydrogen) atoms. The highest BCUT2D eigenvalue weighted by molar-refractivity contribution is 5.89. The van der Waals surface area contributed by atoms with E-state index in [-0.39, 0.29) is 6.54 Å². The molecule has 0 radical (unpaired) electrons. The van der Waals surface area contributed by atoms with Gasteiger partial charge >= 0.3 is 18.1 Å². The van der Waals surface area contributed by atoms with Crippen molar-refractivity contribution in [2.45, 2.75) is 18.1 Å². The smallest absolute Gasteiger partial charge is 0.471 e. The second-order valence-corrected chi connectivity index (χ2v) is 4.26. The quantitative estimate of drug-likeness (QED) is 0.891. The minimum Gasteiger partial charge on any atom is -0.480 e. The SMILES string of the molecule is O=C(O)[C@@H]1[C@@H](c2ccccc2)CN1C(=O)C(F)(F)F. The molecule has 1 heterocycles. The molecule has 1 fully saturated rings. The first-order valence-corrected chi connectivity index (χ1v) is 5.48. The number of carboxylic acid groups (broad SMARTS) is 1. The number of amides is 1. The summed E-state index contributed by atoms with van der Waals surface area (Å²) in [6, 6.07) is 6.87. The van der Waals surface area contributed by atoms with E-state index in [2.05, 4.69) is 0 Å². The molecule has 0 spiro atoms. The van der Waals surface area contributed by atoms with Crippen molar-refractivity contribution in [3.63, 3.8) is 0 Å². The van der Waals surface area contributed by atoms with Gasteiger partial charge in [-0.15, -0.1) is 0 Å². The van der Waals surface area contributed by atoms with Gasteiger partial charge in [0.1, 0.15) is 6.04 Å². The third kappa shape index (κ3) is 2.40. The zero-order valence-electron chi connectivity index (χ0n) is 9.59. The highest BCUT2D eigenvalue weighted by Crippen LogP contribution is 2.37. The zero-order valence-corrected chi connectivity index (χ0v) is 9.59. The fourth-order valence-corrected chi connectivity index (χ4v) is 2.17. The van der Waals surface area contributed by atoms with Gasteiger partial charge in [-0.1, -0.05) is 30.3 Å². The van der Waals surface area contributed by atoms with Crippen LogP contribution in [0.3, 0.4) is 0 Å². The summed E-state index contributed by atoms with van der Waals surface area (Å²) >= 11 is 0. The largest absolute Gasteiger partial charge is 0.480 e. The van der Waals surface area contributed by atoms with Crippen LogP contribution in [0, 0.1) is 0 Å². The van der Waals surface area contributed by atoms with Gasteiger partial charge in [0, 0.05) is 12.5 Å². The normalized spacial score (nSPS) is 22.8. The molecule has 1 aliphatic heterocycles. The lowest BCUT2D eigenvalue weighted by Crippen LogP contribution is -2.63. The molecule has 0 aliphatic carbocycles. The molecule has 0 unspecified atom stereocenters. The number of hydrogen-bond donors (Lipinski definition) is 1. The first-order chi connectivity index (χ1) is 8.82. The van der Waals surface area contributed by atoms with E-state index in [9.17, 15) is 22.8 Å². The fourth-order valence-electron chi connectivity index (χ4n) is 2.17. The number of likely N-dealkylation sites (tertiary alicyclic amines) is 1. The first kappa shape index (κ1) is 13.4. The van der Waals surface area contributed by atoms with Crippen LogP contribution in [-0.2, 0) is 9.59 Å². The number of halogens is 3. The Balaban J connectivity index is 2.21. The van der Waals surface area contributed by atoms with Crippen molar-refractivity contribution in [3.8, 4) is 0 Å². The summed E-state index contributed by atoms with van der Waals surface area (Å²) < 4.78 is 36.9. The van der Waals surface area contributed by atoms with Crippen molar-refractivity contribution in [1.29, 1.82) is 0 Å². The van der Waals surface area contributed by atoms with Crippen molar-refractivity contribution in [2.24, 2.45) is 0 Å². The van der Waals surface area contributed by atoms with Crippen LogP contribution < -0.4 is 0 Å². The molecular formula is C12H10F3NO3. The Morgan fingerprint density at radius 2 is 1.79 bits per heavy atom. The van der Waals surface area contributed by atoms with Gasteiger partial charge in [-0.3, -0.25) is 4.79 Å². The number of nitrogens with zero attached hydrogens (tertiary/aromatic N) is 1. The van der Waals surface area contributed by atoms with Crippen LogP contribution in [0.25, 0.3) is 0 Å². The van der Waals surface area contributed by atoms with Crippen LogP contribution in [0.1, 0.15) is 11.5 Å². The lowest BCUT2D eigenvalue weighted by molar-refractivity contribution is -0.197. The van der Waals surface area contributed by atoms with Crippen molar-refractivity contribution < 1.29 is 27.9 Å². The van der Waals surface area contributed by atoms with Gasteiger partial charge in [0.25, 0.3) is 0 Å². The molecular weight excluding hydrogens is 263 g/mol. The number of carbonyl (C=O) groups is 2. The molecule has 1 aromatic carbocycles. The maximum Gasteiger partial charge on any atom is 0.471 e. The van der Waals surface area contributed by atoms with Crippen LogP contribution in [0.4, 0.5) is 13.2 Å². The van der Waals surface area contributed by atoms with Gasteiger partial charge < -0.3 is 10.0 Å². The van der Waals surface area contributed by atoms with Crippen LogP contribution in [0.5, 0.6) is 0 Å². The highest BCUT2D eigenvalue weighted by Gasteiger charge is 2.54. The molecule has 1 saturated heterocycles. The minimum absolute atomic E-state index is 0.237. The molecule has 0 saturated carbocycles. The van der Waals surface area contributed by atoms with Gasteiger partial charge in [-0.25, -0.2) is 4.79 Å². The number of rotatable bonds is 2. The molecule has 1 N–H and O–H groups in total. The molecule has 4 nitrogen and oxygen atoms in total. The topological polar surface area (TPSA) is 57.6 Å². The Hall–Kier alpha value is -2.05. The number of carbonyl (C=O) groups excluding carboxylic acids is 1. The van der Waals surface area contributed by atoms with Crippen LogP contribution >= 0.6 is 0 Å². The molecule has 2 atom stereocenters. The average molecular weight is 273 g/mol. The van der Waals surface area contributed by atoms with E-state index >= 15 is 0 Å². The summed E-state index contributed by atoms with van der Waals surface area (Å²) in [6.07, 6.45) is -5.05. The first-order valence-electron chi connectivity index (χ1n) is 5.48. The number of hydrogen-bond acceptors (Lipinski definition) is 2. The summed E-state index contributed by atoms with van der Waals surface area (Å²) in [5, 5.41) is 8.99. The second kappa shape index (κ2) is 4.56. The van der Waals surface area contributed by atoms with Crippen LogP contribution in [0.15, 0.2) is 30.3 Å². The van der Waals surface area contributed by atoms with E-state index in [0.29, 0.717) is 10.5 Å². The summed E-state index contributed by atoms with van der Waals surface area (Å²) in [6.45, 7) is -0.237. The Kier molecular flexibility index (Phi) is 3.21. The maximum absolute atomic E-state index is 12.3. The van der Waals surface area contributed by atoms with E-state index in [1.807, 2.05) is 0 Å². The number of aliphatic carboxylic acids is 1.